The summed E-state index contributed by atoms with van der Waals surface area (Å²) in [6.45, 7) is 1.67. The Hall–Kier alpha value is -2.02. The number of carbonyl (C=O) groups is 1. The number of hydrogen-bond acceptors (Lipinski definition) is 2. The van der Waals surface area contributed by atoms with E-state index in [2.05, 4.69) is 10.4 Å². The second-order valence-corrected chi connectivity index (χ2v) is 5.60. The lowest BCUT2D eigenvalue weighted by molar-refractivity contribution is -0.139. The molecule has 0 saturated heterocycles. The lowest BCUT2D eigenvalue weighted by Crippen LogP contribution is -2.32. The van der Waals surface area contributed by atoms with E-state index < -0.39 is 24.5 Å². The molecule has 1 heterocycles. The number of halogens is 4. The smallest absolute Gasteiger partial charge is 0.345 e. The molecule has 0 bridgehead atoms. The Labute approximate surface area is 136 Å². The molecule has 124 valence electrons. The molecule has 2 rings (SSSR count). The van der Waals surface area contributed by atoms with Gasteiger partial charge in [-0.1, -0.05) is 23.7 Å². The quantitative estimate of drug-likeness (QED) is 0.916. The van der Waals surface area contributed by atoms with Crippen molar-refractivity contribution in [1.29, 1.82) is 0 Å². The molecule has 1 atom stereocenters. The monoisotopic (exact) mass is 345 g/mol. The molecule has 8 heteroatoms. The van der Waals surface area contributed by atoms with Crippen molar-refractivity contribution >= 4 is 17.5 Å². The van der Waals surface area contributed by atoms with Gasteiger partial charge in [-0.05, 0) is 24.6 Å². The number of nitrogens with one attached hydrogen (secondary N) is 1. The number of aryl methyl sites for hydroxylation is 1. The van der Waals surface area contributed by atoms with Gasteiger partial charge in [0.25, 0.3) is 5.91 Å². The van der Waals surface area contributed by atoms with Crippen LogP contribution in [0.15, 0.2) is 30.5 Å². The van der Waals surface area contributed by atoms with Gasteiger partial charge in [0, 0.05) is 17.8 Å². The Bertz CT molecular complexity index is 695. The molecule has 0 saturated carbocycles. The molecule has 0 spiro atoms. The SMILES string of the molecule is Cc1c(C(=O)NC(CC(F)(F)F)c2ccc(Cl)cc2)cnn1C. The van der Waals surface area contributed by atoms with Crippen LogP contribution < -0.4 is 5.32 Å². The highest BCUT2D eigenvalue weighted by molar-refractivity contribution is 6.30. The van der Waals surface area contributed by atoms with E-state index in [1.807, 2.05) is 0 Å². The molecule has 0 aliphatic carbocycles. The minimum absolute atomic E-state index is 0.244. The van der Waals surface area contributed by atoms with Crippen LogP contribution in [-0.2, 0) is 7.05 Å². The molecular formula is C15H15ClF3N3O. The number of benzene rings is 1. The highest BCUT2D eigenvalue weighted by Gasteiger charge is 2.34. The fraction of sp³-hybridized carbons (Fsp3) is 0.333. The molecule has 0 radical (unpaired) electrons. The minimum Gasteiger partial charge on any atom is -0.345 e. The van der Waals surface area contributed by atoms with E-state index in [1.54, 1.807) is 14.0 Å². The van der Waals surface area contributed by atoms with Gasteiger partial charge in [-0.25, -0.2) is 0 Å². The van der Waals surface area contributed by atoms with Crippen LogP contribution in [0.1, 0.15) is 34.1 Å². The molecule has 2 aromatic rings. The van der Waals surface area contributed by atoms with Crippen LogP contribution in [0.4, 0.5) is 13.2 Å². The van der Waals surface area contributed by atoms with Crippen LogP contribution in [0.3, 0.4) is 0 Å². The van der Waals surface area contributed by atoms with Crippen LogP contribution >= 0.6 is 11.6 Å². The van der Waals surface area contributed by atoms with Gasteiger partial charge in [0.05, 0.1) is 24.2 Å². The molecule has 1 aromatic carbocycles. The first-order chi connectivity index (χ1) is 10.7. The fourth-order valence-electron chi connectivity index (χ4n) is 2.14. The highest BCUT2D eigenvalue weighted by Crippen LogP contribution is 2.30. The van der Waals surface area contributed by atoms with Crippen molar-refractivity contribution in [1.82, 2.24) is 15.1 Å². The predicted molar refractivity (Wildman–Crippen MR) is 80.3 cm³/mol. The zero-order valence-corrected chi connectivity index (χ0v) is 13.2. The second kappa shape index (κ2) is 6.62. The summed E-state index contributed by atoms with van der Waals surface area (Å²) in [6, 6.07) is 4.72. The number of alkyl halides is 3. The first kappa shape index (κ1) is 17.3. The normalized spacial score (nSPS) is 13.0. The van der Waals surface area contributed by atoms with Gasteiger partial charge in [0.2, 0.25) is 0 Å². The van der Waals surface area contributed by atoms with E-state index >= 15 is 0 Å². The van der Waals surface area contributed by atoms with Crippen molar-refractivity contribution in [2.24, 2.45) is 7.05 Å². The largest absolute Gasteiger partial charge is 0.391 e. The molecule has 23 heavy (non-hydrogen) atoms. The lowest BCUT2D eigenvalue weighted by atomic mass is 10.0. The van der Waals surface area contributed by atoms with Gasteiger partial charge in [0.15, 0.2) is 0 Å². The third-order valence-electron chi connectivity index (χ3n) is 3.49. The van der Waals surface area contributed by atoms with E-state index in [1.165, 1.54) is 35.1 Å². The number of hydrogen-bond donors (Lipinski definition) is 1. The number of carbonyl (C=O) groups excluding carboxylic acids is 1. The van der Waals surface area contributed by atoms with E-state index in [0.29, 0.717) is 16.3 Å². The van der Waals surface area contributed by atoms with E-state index in [4.69, 9.17) is 11.6 Å². The first-order valence-corrected chi connectivity index (χ1v) is 7.17. The molecule has 1 aromatic heterocycles. The van der Waals surface area contributed by atoms with Gasteiger partial charge in [0.1, 0.15) is 0 Å². The summed E-state index contributed by atoms with van der Waals surface area (Å²) >= 11 is 5.75. The Morgan fingerprint density at radius 2 is 1.96 bits per heavy atom. The van der Waals surface area contributed by atoms with Crippen molar-refractivity contribution < 1.29 is 18.0 Å². The Morgan fingerprint density at radius 3 is 2.43 bits per heavy atom. The van der Waals surface area contributed by atoms with Crippen LogP contribution in [0.25, 0.3) is 0 Å². The van der Waals surface area contributed by atoms with E-state index in [9.17, 15) is 18.0 Å². The lowest BCUT2D eigenvalue weighted by Gasteiger charge is -2.20. The average molecular weight is 346 g/mol. The minimum atomic E-state index is -4.42. The first-order valence-electron chi connectivity index (χ1n) is 6.79. The second-order valence-electron chi connectivity index (χ2n) is 5.16. The van der Waals surface area contributed by atoms with Gasteiger partial charge in [-0.2, -0.15) is 18.3 Å². The fourth-order valence-corrected chi connectivity index (χ4v) is 2.26. The Kier molecular flexibility index (Phi) is 4.99. The summed E-state index contributed by atoms with van der Waals surface area (Å²) < 4.78 is 39.9. The van der Waals surface area contributed by atoms with Gasteiger partial charge < -0.3 is 5.32 Å². The third kappa shape index (κ3) is 4.48. The molecule has 1 unspecified atom stereocenters. The van der Waals surface area contributed by atoms with Crippen LogP contribution in [0.5, 0.6) is 0 Å². The van der Waals surface area contributed by atoms with Crippen LogP contribution in [0.2, 0.25) is 5.02 Å². The molecule has 0 fully saturated rings. The zero-order valence-electron chi connectivity index (χ0n) is 12.5. The predicted octanol–water partition coefficient (Wildman–Crippen LogP) is 3.81. The van der Waals surface area contributed by atoms with Crippen molar-refractivity contribution in [3.05, 3.63) is 52.3 Å². The van der Waals surface area contributed by atoms with Gasteiger partial charge >= 0.3 is 6.18 Å². The third-order valence-corrected chi connectivity index (χ3v) is 3.75. The van der Waals surface area contributed by atoms with Crippen molar-refractivity contribution in [3.63, 3.8) is 0 Å². The Morgan fingerprint density at radius 1 is 1.35 bits per heavy atom. The van der Waals surface area contributed by atoms with Crippen molar-refractivity contribution in [3.8, 4) is 0 Å². The molecule has 1 amide bonds. The maximum atomic E-state index is 12.8. The summed E-state index contributed by atoms with van der Waals surface area (Å²) in [5.74, 6) is -0.597. The number of nitrogens with zero attached hydrogens (tertiary/aromatic N) is 2. The Balaban J connectivity index is 2.25. The van der Waals surface area contributed by atoms with E-state index in [0.717, 1.165) is 0 Å². The maximum absolute atomic E-state index is 12.8. The molecular weight excluding hydrogens is 331 g/mol. The zero-order chi connectivity index (χ0) is 17.2. The molecule has 4 nitrogen and oxygen atoms in total. The molecule has 1 N–H and O–H groups in total. The number of aromatic nitrogens is 2. The van der Waals surface area contributed by atoms with E-state index in [-0.39, 0.29) is 5.56 Å². The standard InChI is InChI=1S/C15H15ClF3N3O/c1-9-12(8-20-22(9)2)14(23)21-13(7-15(17,18)19)10-3-5-11(16)6-4-10/h3-6,8,13H,7H2,1-2H3,(H,21,23). The van der Waals surface area contributed by atoms with Gasteiger partial charge in [-0.15, -0.1) is 0 Å². The van der Waals surface area contributed by atoms with Gasteiger partial charge in [-0.3, -0.25) is 9.48 Å². The summed E-state index contributed by atoms with van der Waals surface area (Å²) in [5.41, 5.74) is 1.15. The summed E-state index contributed by atoms with van der Waals surface area (Å²) in [7, 11) is 1.65. The van der Waals surface area contributed by atoms with Crippen LogP contribution in [-0.4, -0.2) is 21.9 Å². The summed E-state index contributed by atoms with van der Waals surface area (Å²) in [6.07, 6.45) is -4.25. The summed E-state index contributed by atoms with van der Waals surface area (Å²) in [4.78, 5) is 12.3. The summed E-state index contributed by atoms with van der Waals surface area (Å²) in [5, 5.41) is 6.76. The number of rotatable bonds is 4. The molecule has 0 aliphatic rings. The average Bonchev–Trinajstić information content (AvgIpc) is 2.77. The molecule has 0 aliphatic heterocycles. The van der Waals surface area contributed by atoms with Crippen molar-refractivity contribution in [2.45, 2.75) is 25.6 Å². The number of amides is 1. The topological polar surface area (TPSA) is 46.9 Å². The van der Waals surface area contributed by atoms with Crippen molar-refractivity contribution in [2.75, 3.05) is 0 Å². The maximum Gasteiger partial charge on any atom is 0.391 e. The highest BCUT2D eigenvalue weighted by atomic mass is 35.5. The van der Waals surface area contributed by atoms with Crippen LogP contribution in [0, 0.1) is 6.92 Å².